The first-order chi connectivity index (χ1) is 5.89. The summed E-state index contributed by atoms with van der Waals surface area (Å²) in [5.41, 5.74) is 0. The second-order valence-corrected chi connectivity index (χ2v) is 3.65. The van der Waals surface area contributed by atoms with Crippen LogP contribution in [-0.4, -0.2) is 21.3 Å². The van der Waals surface area contributed by atoms with Crippen molar-refractivity contribution in [2.24, 2.45) is 0 Å². The van der Waals surface area contributed by atoms with Crippen LogP contribution in [0.5, 0.6) is 0 Å². The van der Waals surface area contributed by atoms with Gasteiger partial charge in [0.1, 0.15) is 5.03 Å². The summed E-state index contributed by atoms with van der Waals surface area (Å²) in [6.07, 6.45) is 3.26. The van der Waals surface area contributed by atoms with E-state index in [1.165, 1.54) is 0 Å². The van der Waals surface area contributed by atoms with Crippen molar-refractivity contribution in [2.45, 2.75) is 38.6 Å². The Labute approximate surface area is 87.6 Å². The molecule has 0 aromatic rings. The SMILES string of the molecule is CCCCC/C(Cl)=C(\Cl)C(O)(O)O. The van der Waals surface area contributed by atoms with Gasteiger partial charge in [-0.05, 0) is 12.8 Å². The minimum Gasteiger partial charge on any atom is -0.339 e. The molecule has 0 bridgehead atoms. The van der Waals surface area contributed by atoms with Gasteiger partial charge in [-0.1, -0.05) is 43.0 Å². The van der Waals surface area contributed by atoms with Crippen molar-refractivity contribution < 1.29 is 15.3 Å². The lowest BCUT2D eigenvalue weighted by atomic mass is 10.2. The average Bonchev–Trinajstić information content (AvgIpc) is 2.01. The monoisotopic (exact) mass is 228 g/mol. The molecule has 0 rings (SSSR count). The van der Waals surface area contributed by atoms with Crippen LogP contribution in [0.15, 0.2) is 10.1 Å². The lowest BCUT2D eigenvalue weighted by Gasteiger charge is -2.14. The fourth-order valence-electron chi connectivity index (χ4n) is 0.822. The predicted octanol–water partition coefficient (Wildman–Crippen LogP) is 1.89. The Kier molecular flexibility index (Phi) is 5.92. The van der Waals surface area contributed by atoms with Crippen LogP contribution in [-0.2, 0) is 0 Å². The molecule has 0 atom stereocenters. The summed E-state index contributed by atoms with van der Waals surface area (Å²) < 4.78 is 0. The molecule has 0 saturated heterocycles. The van der Waals surface area contributed by atoms with Gasteiger partial charge in [0, 0.05) is 5.03 Å². The third kappa shape index (κ3) is 5.49. The molecule has 13 heavy (non-hydrogen) atoms. The number of allylic oxidation sites excluding steroid dienone is 1. The number of hydrogen-bond donors (Lipinski definition) is 3. The van der Waals surface area contributed by atoms with Crippen molar-refractivity contribution in [3.63, 3.8) is 0 Å². The highest BCUT2D eigenvalue weighted by Gasteiger charge is 2.26. The number of unbranched alkanes of at least 4 members (excludes halogenated alkanes) is 2. The summed E-state index contributed by atoms with van der Waals surface area (Å²) in [5.74, 6) is -3.01. The molecule has 0 aliphatic carbocycles. The van der Waals surface area contributed by atoms with Crippen LogP contribution in [0.2, 0.25) is 0 Å². The number of hydrogen-bond acceptors (Lipinski definition) is 3. The molecule has 5 heteroatoms. The molecular formula is C8H14Cl2O3. The van der Waals surface area contributed by atoms with Crippen LogP contribution in [0.4, 0.5) is 0 Å². The van der Waals surface area contributed by atoms with E-state index in [1.807, 2.05) is 6.92 Å². The molecule has 3 nitrogen and oxygen atoms in total. The second kappa shape index (κ2) is 5.83. The Bertz CT molecular complexity index is 184. The highest BCUT2D eigenvalue weighted by Crippen LogP contribution is 2.26. The molecule has 0 unspecified atom stereocenters. The van der Waals surface area contributed by atoms with E-state index in [0.29, 0.717) is 6.42 Å². The Balaban J connectivity index is 4.12. The minimum absolute atomic E-state index is 0.0858. The van der Waals surface area contributed by atoms with Crippen molar-refractivity contribution in [1.82, 2.24) is 0 Å². The maximum absolute atomic E-state index is 8.65. The topological polar surface area (TPSA) is 60.7 Å². The lowest BCUT2D eigenvalue weighted by molar-refractivity contribution is -0.277. The van der Waals surface area contributed by atoms with Crippen LogP contribution in [0.1, 0.15) is 32.6 Å². The third-order valence-electron chi connectivity index (χ3n) is 1.53. The fraction of sp³-hybridized carbons (Fsp3) is 0.750. The van der Waals surface area contributed by atoms with Crippen LogP contribution < -0.4 is 0 Å². The first-order valence-corrected chi connectivity index (χ1v) is 4.87. The molecule has 0 aliphatic heterocycles. The largest absolute Gasteiger partial charge is 0.339 e. The van der Waals surface area contributed by atoms with E-state index in [1.54, 1.807) is 0 Å². The smallest absolute Gasteiger partial charge is 0.316 e. The first kappa shape index (κ1) is 13.2. The standard InChI is InChI=1S/C8H14Cl2O3/c1-2-3-4-5-6(9)7(10)8(11,12)13/h11-13H,2-5H2,1H3/b7-6+. The Hall–Kier alpha value is 0.200. The molecule has 0 radical (unpaired) electrons. The zero-order valence-corrected chi connectivity index (χ0v) is 8.94. The molecule has 0 aliphatic rings. The predicted molar refractivity (Wildman–Crippen MR) is 52.3 cm³/mol. The van der Waals surface area contributed by atoms with Crippen molar-refractivity contribution in [3.8, 4) is 0 Å². The van der Waals surface area contributed by atoms with E-state index in [0.717, 1.165) is 19.3 Å². The molecule has 0 aromatic heterocycles. The van der Waals surface area contributed by atoms with Crippen molar-refractivity contribution >= 4 is 23.2 Å². The van der Waals surface area contributed by atoms with Crippen LogP contribution >= 0.6 is 23.2 Å². The van der Waals surface area contributed by atoms with Gasteiger partial charge in [-0.15, -0.1) is 0 Å². The Morgan fingerprint density at radius 3 is 2.08 bits per heavy atom. The molecule has 0 saturated carbocycles. The highest BCUT2D eigenvalue weighted by molar-refractivity contribution is 6.39. The minimum atomic E-state index is -3.01. The average molecular weight is 229 g/mol. The molecule has 0 fully saturated rings. The van der Waals surface area contributed by atoms with Gasteiger partial charge in [0.2, 0.25) is 0 Å². The van der Waals surface area contributed by atoms with E-state index in [-0.39, 0.29) is 5.03 Å². The van der Waals surface area contributed by atoms with Gasteiger partial charge in [0.25, 0.3) is 0 Å². The summed E-state index contributed by atoms with van der Waals surface area (Å²) in [5, 5.41) is 25.5. The maximum Gasteiger partial charge on any atom is 0.316 e. The molecule has 0 heterocycles. The van der Waals surface area contributed by atoms with Crippen LogP contribution in [0, 0.1) is 0 Å². The first-order valence-electron chi connectivity index (χ1n) is 4.11. The van der Waals surface area contributed by atoms with Crippen LogP contribution in [0.25, 0.3) is 0 Å². The molecule has 78 valence electrons. The molecular weight excluding hydrogens is 215 g/mol. The van der Waals surface area contributed by atoms with Gasteiger partial charge in [0.05, 0.1) is 0 Å². The summed E-state index contributed by atoms with van der Waals surface area (Å²) >= 11 is 11.0. The van der Waals surface area contributed by atoms with E-state index < -0.39 is 11.0 Å². The van der Waals surface area contributed by atoms with Gasteiger partial charge in [-0.25, -0.2) is 0 Å². The van der Waals surface area contributed by atoms with Crippen molar-refractivity contribution in [3.05, 3.63) is 10.1 Å². The summed E-state index contributed by atoms with van der Waals surface area (Å²) in [7, 11) is 0. The summed E-state index contributed by atoms with van der Waals surface area (Å²) in [6, 6.07) is 0. The number of aliphatic hydroxyl groups is 3. The van der Waals surface area contributed by atoms with Gasteiger partial charge >= 0.3 is 5.97 Å². The molecule has 3 N–H and O–H groups in total. The van der Waals surface area contributed by atoms with E-state index >= 15 is 0 Å². The van der Waals surface area contributed by atoms with Gasteiger partial charge in [-0.3, -0.25) is 0 Å². The molecule has 0 spiro atoms. The zero-order valence-electron chi connectivity index (χ0n) is 7.43. The van der Waals surface area contributed by atoms with Gasteiger partial charge < -0.3 is 15.3 Å². The number of rotatable bonds is 5. The Morgan fingerprint density at radius 2 is 1.69 bits per heavy atom. The molecule has 0 aromatic carbocycles. The zero-order chi connectivity index (χ0) is 10.5. The van der Waals surface area contributed by atoms with E-state index in [9.17, 15) is 0 Å². The van der Waals surface area contributed by atoms with Crippen molar-refractivity contribution in [2.75, 3.05) is 0 Å². The maximum atomic E-state index is 8.65. The van der Waals surface area contributed by atoms with Crippen LogP contribution in [0.3, 0.4) is 0 Å². The van der Waals surface area contributed by atoms with E-state index in [4.69, 9.17) is 38.5 Å². The van der Waals surface area contributed by atoms with Gasteiger partial charge in [-0.2, -0.15) is 0 Å². The summed E-state index contributed by atoms with van der Waals surface area (Å²) in [6.45, 7) is 2.04. The highest BCUT2D eigenvalue weighted by atomic mass is 35.5. The lowest BCUT2D eigenvalue weighted by Crippen LogP contribution is -2.28. The van der Waals surface area contributed by atoms with Crippen molar-refractivity contribution in [1.29, 1.82) is 0 Å². The van der Waals surface area contributed by atoms with E-state index in [2.05, 4.69) is 0 Å². The summed E-state index contributed by atoms with van der Waals surface area (Å²) in [4.78, 5) is 0. The van der Waals surface area contributed by atoms with Gasteiger partial charge in [0.15, 0.2) is 0 Å². The fourth-order valence-corrected chi connectivity index (χ4v) is 1.18. The molecule has 0 amide bonds. The Morgan fingerprint density at radius 1 is 1.15 bits per heavy atom. The quantitative estimate of drug-likeness (QED) is 0.498. The normalized spacial score (nSPS) is 14.3. The number of halogens is 2. The second-order valence-electron chi connectivity index (χ2n) is 2.81. The third-order valence-corrected chi connectivity index (χ3v) is 2.49.